The topological polar surface area (TPSA) is 15.3 Å². The lowest BCUT2D eigenvalue weighted by Crippen LogP contribution is -2.46. The van der Waals surface area contributed by atoms with Crippen molar-refractivity contribution < 1.29 is 0 Å². The van der Waals surface area contributed by atoms with Gasteiger partial charge in [-0.1, -0.05) is 38.1 Å². The first kappa shape index (κ1) is 15.5. The van der Waals surface area contributed by atoms with Crippen LogP contribution < -0.4 is 5.32 Å². The van der Waals surface area contributed by atoms with Gasteiger partial charge in [-0.15, -0.1) is 0 Å². The van der Waals surface area contributed by atoms with E-state index in [4.69, 9.17) is 0 Å². The predicted octanol–water partition coefficient (Wildman–Crippen LogP) is 3.77. The fourth-order valence-electron chi connectivity index (χ4n) is 3.46. The summed E-state index contributed by atoms with van der Waals surface area (Å²) < 4.78 is 0. The maximum absolute atomic E-state index is 3.75. The van der Waals surface area contributed by atoms with Gasteiger partial charge in [-0.05, 0) is 57.3 Å². The lowest BCUT2D eigenvalue weighted by atomic mass is 9.94. The second kappa shape index (κ2) is 7.24. The fourth-order valence-corrected chi connectivity index (χ4v) is 3.46. The van der Waals surface area contributed by atoms with Crippen molar-refractivity contribution in [1.82, 2.24) is 10.2 Å². The zero-order valence-electron chi connectivity index (χ0n) is 13.5. The number of fused-ring (bicyclic) bond motifs is 1. The molecule has 0 fully saturated rings. The van der Waals surface area contributed by atoms with Crippen molar-refractivity contribution in [2.75, 3.05) is 13.6 Å². The van der Waals surface area contributed by atoms with Crippen molar-refractivity contribution in [1.29, 1.82) is 0 Å². The molecule has 1 aromatic carbocycles. The van der Waals surface area contributed by atoms with Gasteiger partial charge in [-0.3, -0.25) is 4.90 Å². The molecule has 3 unspecified atom stereocenters. The van der Waals surface area contributed by atoms with Gasteiger partial charge in [0.05, 0.1) is 0 Å². The molecule has 2 heteroatoms. The van der Waals surface area contributed by atoms with Gasteiger partial charge in [-0.2, -0.15) is 0 Å². The molecule has 1 aliphatic rings. The van der Waals surface area contributed by atoms with Crippen LogP contribution in [0.3, 0.4) is 0 Å². The first-order valence-corrected chi connectivity index (χ1v) is 8.22. The molecule has 0 aromatic heterocycles. The molecule has 0 saturated heterocycles. The van der Waals surface area contributed by atoms with Crippen LogP contribution in [0.25, 0.3) is 0 Å². The maximum Gasteiger partial charge on any atom is 0.0480 e. The number of aryl methyl sites for hydroxylation is 1. The summed E-state index contributed by atoms with van der Waals surface area (Å²) in [5.74, 6) is 0. The molecule has 1 N–H and O–H groups in total. The van der Waals surface area contributed by atoms with E-state index in [-0.39, 0.29) is 0 Å². The van der Waals surface area contributed by atoms with Crippen LogP contribution in [0.1, 0.15) is 57.2 Å². The maximum atomic E-state index is 3.75. The lowest BCUT2D eigenvalue weighted by Gasteiger charge is -2.38. The number of nitrogens with one attached hydrogen (secondary N) is 1. The molecule has 0 saturated carbocycles. The monoisotopic (exact) mass is 274 g/mol. The SMILES string of the molecule is CCNC1c2ccccc2CCCC1N(C)C(C)CC. The first-order valence-electron chi connectivity index (χ1n) is 8.22. The Balaban J connectivity index is 2.32. The summed E-state index contributed by atoms with van der Waals surface area (Å²) in [6.45, 7) is 7.88. The van der Waals surface area contributed by atoms with Crippen LogP contribution in [0.4, 0.5) is 0 Å². The van der Waals surface area contributed by atoms with E-state index < -0.39 is 0 Å². The molecule has 0 radical (unpaired) electrons. The second-order valence-corrected chi connectivity index (χ2v) is 6.12. The fraction of sp³-hybridized carbons (Fsp3) is 0.667. The Morgan fingerprint density at radius 3 is 2.75 bits per heavy atom. The van der Waals surface area contributed by atoms with Crippen LogP contribution in [0.5, 0.6) is 0 Å². The average Bonchev–Trinajstić information content (AvgIpc) is 2.66. The van der Waals surface area contributed by atoms with E-state index in [0.717, 1.165) is 6.54 Å². The van der Waals surface area contributed by atoms with E-state index in [9.17, 15) is 0 Å². The smallest absolute Gasteiger partial charge is 0.0480 e. The van der Waals surface area contributed by atoms with Crippen molar-refractivity contribution in [2.45, 2.75) is 64.6 Å². The molecular weight excluding hydrogens is 244 g/mol. The summed E-state index contributed by atoms with van der Waals surface area (Å²) in [5.41, 5.74) is 3.06. The highest BCUT2D eigenvalue weighted by molar-refractivity contribution is 5.32. The highest BCUT2D eigenvalue weighted by atomic mass is 15.2. The van der Waals surface area contributed by atoms with Crippen molar-refractivity contribution in [3.05, 3.63) is 35.4 Å². The molecule has 1 aliphatic carbocycles. The normalized spacial score (nSPS) is 24.2. The van der Waals surface area contributed by atoms with E-state index >= 15 is 0 Å². The van der Waals surface area contributed by atoms with Crippen molar-refractivity contribution >= 4 is 0 Å². The Kier molecular flexibility index (Phi) is 5.62. The molecular formula is C18H30N2. The minimum atomic E-state index is 0.470. The van der Waals surface area contributed by atoms with Gasteiger partial charge in [0.1, 0.15) is 0 Å². The Labute approximate surface area is 124 Å². The van der Waals surface area contributed by atoms with Gasteiger partial charge in [0.25, 0.3) is 0 Å². The van der Waals surface area contributed by atoms with E-state index in [1.54, 1.807) is 5.56 Å². The van der Waals surface area contributed by atoms with E-state index in [1.165, 1.54) is 31.2 Å². The van der Waals surface area contributed by atoms with E-state index in [1.807, 2.05) is 0 Å². The Morgan fingerprint density at radius 1 is 1.30 bits per heavy atom. The molecule has 20 heavy (non-hydrogen) atoms. The third-order valence-corrected chi connectivity index (χ3v) is 4.95. The minimum Gasteiger partial charge on any atom is -0.309 e. The van der Waals surface area contributed by atoms with Gasteiger partial charge in [0, 0.05) is 18.1 Å². The van der Waals surface area contributed by atoms with Gasteiger partial charge < -0.3 is 5.32 Å². The van der Waals surface area contributed by atoms with Crippen LogP contribution >= 0.6 is 0 Å². The molecule has 2 rings (SSSR count). The van der Waals surface area contributed by atoms with Gasteiger partial charge in [-0.25, -0.2) is 0 Å². The summed E-state index contributed by atoms with van der Waals surface area (Å²) >= 11 is 0. The third kappa shape index (κ3) is 3.24. The van der Waals surface area contributed by atoms with Crippen LogP contribution in [0.2, 0.25) is 0 Å². The molecule has 0 bridgehead atoms. The molecule has 2 nitrogen and oxygen atoms in total. The lowest BCUT2D eigenvalue weighted by molar-refractivity contribution is 0.136. The average molecular weight is 274 g/mol. The highest BCUT2D eigenvalue weighted by Gasteiger charge is 2.31. The van der Waals surface area contributed by atoms with Crippen LogP contribution in [0, 0.1) is 0 Å². The molecule has 0 spiro atoms. The van der Waals surface area contributed by atoms with Crippen molar-refractivity contribution in [2.24, 2.45) is 0 Å². The van der Waals surface area contributed by atoms with E-state index in [0.29, 0.717) is 18.1 Å². The summed E-state index contributed by atoms with van der Waals surface area (Å²) in [5, 5.41) is 3.75. The Morgan fingerprint density at radius 2 is 2.05 bits per heavy atom. The van der Waals surface area contributed by atoms with Crippen molar-refractivity contribution in [3.8, 4) is 0 Å². The highest BCUT2D eigenvalue weighted by Crippen LogP contribution is 2.32. The van der Waals surface area contributed by atoms with Crippen LogP contribution in [-0.4, -0.2) is 30.6 Å². The van der Waals surface area contributed by atoms with Gasteiger partial charge in [0.2, 0.25) is 0 Å². The number of hydrogen-bond donors (Lipinski definition) is 1. The van der Waals surface area contributed by atoms with Crippen LogP contribution in [0.15, 0.2) is 24.3 Å². The summed E-state index contributed by atoms with van der Waals surface area (Å²) in [7, 11) is 2.30. The quantitative estimate of drug-likeness (QED) is 0.822. The van der Waals surface area contributed by atoms with E-state index in [2.05, 4.69) is 62.3 Å². The molecule has 0 amide bonds. The largest absolute Gasteiger partial charge is 0.309 e. The number of rotatable bonds is 5. The molecule has 1 aromatic rings. The zero-order valence-corrected chi connectivity index (χ0v) is 13.5. The number of hydrogen-bond acceptors (Lipinski definition) is 2. The summed E-state index contributed by atoms with van der Waals surface area (Å²) in [4.78, 5) is 2.59. The first-order chi connectivity index (χ1) is 9.69. The summed E-state index contributed by atoms with van der Waals surface area (Å²) in [6.07, 6.45) is 5.02. The molecule has 0 aliphatic heterocycles. The van der Waals surface area contributed by atoms with Gasteiger partial charge >= 0.3 is 0 Å². The van der Waals surface area contributed by atoms with Crippen molar-refractivity contribution in [3.63, 3.8) is 0 Å². The minimum absolute atomic E-state index is 0.470. The Hall–Kier alpha value is -0.860. The zero-order chi connectivity index (χ0) is 14.5. The number of nitrogens with zero attached hydrogens (tertiary/aromatic N) is 1. The van der Waals surface area contributed by atoms with Gasteiger partial charge in [0.15, 0.2) is 0 Å². The molecule has 3 atom stereocenters. The molecule has 0 heterocycles. The standard InChI is InChI=1S/C18H30N2/c1-5-14(3)20(4)17-13-9-11-15-10-7-8-12-16(15)18(17)19-6-2/h7-8,10,12,14,17-19H,5-6,9,11,13H2,1-4H3. The predicted molar refractivity (Wildman–Crippen MR) is 87.1 cm³/mol. The number of likely N-dealkylation sites (N-methyl/N-ethyl adjacent to an activating group) is 2. The second-order valence-electron chi connectivity index (χ2n) is 6.12. The number of benzene rings is 1. The van der Waals surface area contributed by atoms with Crippen LogP contribution in [-0.2, 0) is 6.42 Å². The Bertz CT molecular complexity index is 416. The molecule has 112 valence electrons. The third-order valence-electron chi connectivity index (χ3n) is 4.95. The summed E-state index contributed by atoms with van der Waals surface area (Å²) in [6, 6.07) is 10.7.